The highest BCUT2D eigenvalue weighted by Gasteiger charge is 2.29. The summed E-state index contributed by atoms with van der Waals surface area (Å²) >= 11 is 1.31. The van der Waals surface area contributed by atoms with Crippen LogP contribution in [0.15, 0.2) is 0 Å². The maximum absolute atomic E-state index is 12.6. The fraction of sp³-hybridized carbons (Fsp3) is 0.692. The first-order chi connectivity index (χ1) is 9.67. The van der Waals surface area contributed by atoms with Gasteiger partial charge >= 0.3 is 0 Å². The number of likely N-dealkylation sites (tertiary alicyclic amines) is 1. The normalized spacial score (nSPS) is 19.1. The first-order valence-electron chi connectivity index (χ1n) is 7.09. The Morgan fingerprint density at radius 1 is 1.60 bits per heavy atom. The Hall–Kier alpha value is -1.34. The lowest BCUT2D eigenvalue weighted by Crippen LogP contribution is -2.44. The van der Waals surface area contributed by atoms with Gasteiger partial charge in [-0.05, 0) is 32.6 Å². The van der Waals surface area contributed by atoms with Crippen LogP contribution in [0.4, 0.5) is 10.9 Å². The molecule has 0 bridgehead atoms. The number of thiazole rings is 1. The Balaban J connectivity index is 2.16. The molecule has 1 unspecified atom stereocenters. The predicted molar refractivity (Wildman–Crippen MR) is 81.1 cm³/mol. The zero-order chi connectivity index (χ0) is 14.5. The van der Waals surface area contributed by atoms with Gasteiger partial charge in [-0.15, -0.1) is 0 Å². The molecule has 6 nitrogen and oxygen atoms in total. The molecule has 20 heavy (non-hydrogen) atoms. The Bertz CT molecular complexity index is 461. The molecule has 1 aliphatic rings. The summed E-state index contributed by atoms with van der Waals surface area (Å²) in [5, 5.41) is 12.9. The van der Waals surface area contributed by atoms with Gasteiger partial charge in [0.15, 0.2) is 5.13 Å². The van der Waals surface area contributed by atoms with Crippen LogP contribution in [0.1, 0.15) is 42.3 Å². The van der Waals surface area contributed by atoms with E-state index in [1.54, 1.807) is 0 Å². The maximum atomic E-state index is 12.6. The van der Waals surface area contributed by atoms with E-state index in [9.17, 15) is 4.79 Å². The number of amides is 1. The molecule has 0 aliphatic carbocycles. The standard InChI is InChI=1S/C13H22N4O2S/c1-2-15-13-16-11(14)10(20-13)12(19)17-7-4-3-5-9(17)6-8-18/h9,18H,2-8,14H2,1H3,(H,15,16). The topological polar surface area (TPSA) is 91.5 Å². The van der Waals surface area contributed by atoms with E-state index >= 15 is 0 Å². The van der Waals surface area contributed by atoms with Crippen molar-refractivity contribution in [3.05, 3.63) is 4.88 Å². The summed E-state index contributed by atoms with van der Waals surface area (Å²) in [6, 6.07) is 0.116. The van der Waals surface area contributed by atoms with Gasteiger partial charge in [0, 0.05) is 25.7 Å². The summed E-state index contributed by atoms with van der Waals surface area (Å²) in [6.07, 6.45) is 3.69. The summed E-state index contributed by atoms with van der Waals surface area (Å²) in [5.74, 6) is 0.242. The van der Waals surface area contributed by atoms with Crippen molar-refractivity contribution in [3.63, 3.8) is 0 Å². The number of carbonyl (C=O) groups excluding carboxylic acids is 1. The van der Waals surface area contributed by atoms with Crippen molar-refractivity contribution in [3.8, 4) is 0 Å². The van der Waals surface area contributed by atoms with Crippen LogP contribution in [0.2, 0.25) is 0 Å². The molecule has 1 atom stereocenters. The van der Waals surface area contributed by atoms with E-state index in [2.05, 4.69) is 10.3 Å². The van der Waals surface area contributed by atoms with Crippen LogP contribution in [0, 0.1) is 0 Å². The third kappa shape index (κ3) is 3.21. The first-order valence-corrected chi connectivity index (χ1v) is 7.91. The minimum atomic E-state index is -0.0534. The maximum Gasteiger partial charge on any atom is 0.268 e. The fourth-order valence-corrected chi connectivity index (χ4v) is 3.47. The lowest BCUT2D eigenvalue weighted by atomic mass is 9.99. The summed E-state index contributed by atoms with van der Waals surface area (Å²) in [4.78, 5) is 19.2. The van der Waals surface area contributed by atoms with E-state index in [-0.39, 0.29) is 18.6 Å². The minimum Gasteiger partial charge on any atom is -0.396 e. The highest BCUT2D eigenvalue weighted by atomic mass is 32.1. The average molecular weight is 298 g/mol. The Labute approximate surface area is 123 Å². The number of hydrogen-bond acceptors (Lipinski definition) is 6. The molecule has 2 heterocycles. The molecular formula is C13H22N4O2S. The van der Waals surface area contributed by atoms with Crippen molar-refractivity contribution in [1.29, 1.82) is 0 Å². The summed E-state index contributed by atoms with van der Waals surface area (Å²) in [5.41, 5.74) is 5.86. The number of aliphatic hydroxyl groups excluding tert-OH is 1. The summed E-state index contributed by atoms with van der Waals surface area (Å²) in [6.45, 7) is 3.56. The van der Waals surface area contributed by atoms with Crippen molar-refractivity contribution in [1.82, 2.24) is 9.88 Å². The number of piperidine rings is 1. The average Bonchev–Trinajstić information content (AvgIpc) is 2.80. The second-order valence-electron chi connectivity index (χ2n) is 4.92. The third-order valence-electron chi connectivity index (χ3n) is 3.53. The molecular weight excluding hydrogens is 276 g/mol. The van der Waals surface area contributed by atoms with Crippen LogP contribution in [-0.2, 0) is 0 Å². The van der Waals surface area contributed by atoms with Gasteiger partial charge in [0.25, 0.3) is 5.91 Å². The van der Waals surface area contributed by atoms with E-state index in [0.29, 0.717) is 22.2 Å². The highest BCUT2D eigenvalue weighted by Crippen LogP contribution is 2.29. The largest absolute Gasteiger partial charge is 0.396 e. The van der Waals surface area contributed by atoms with E-state index in [1.807, 2.05) is 11.8 Å². The van der Waals surface area contributed by atoms with E-state index in [0.717, 1.165) is 32.4 Å². The van der Waals surface area contributed by atoms with Crippen molar-refractivity contribution in [2.45, 2.75) is 38.6 Å². The number of nitrogens with zero attached hydrogens (tertiary/aromatic N) is 2. The molecule has 2 rings (SSSR count). The van der Waals surface area contributed by atoms with Crippen LogP contribution in [0.3, 0.4) is 0 Å². The van der Waals surface area contributed by atoms with Crippen LogP contribution in [0.25, 0.3) is 0 Å². The number of anilines is 2. The zero-order valence-electron chi connectivity index (χ0n) is 11.8. The van der Waals surface area contributed by atoms with Crippen molar-refractivity contribution < 1.29 is 9.90 Å². The molecule has 0 saturated carbocycles. The molecule has 112 valence electrons. The molecule has 1 aromatic heterocycles. The van der Waals surface area contributed by atoms with Crippen molar-refractivity contribution in [2.24, 2.45) is 0 Å². The number of nitrogens with one attached hydrogen (secondary N) is 1. The Morgan fingerprint density at radius 3 is 3.10 bits per heavy atom. The highest BCUT2D eigenvalue weighted by molar-refractivity contribution is 7.18. The molecule has 1 aliphatic heterocycles. The fourth-order valence-electron chi connectivity index (χ4n) is 2.56. The number of aromatic nitrogens is 1. The number of nitrogens with two attached hydrogens (primary N) is 1. The summed E-state index contributed by atoms with van der Waals surface area (Å²) in [7, 11) is 0. The quantitative estimate of drug-likeness (QED) is 0.767. The molecule has 0 spiro atoms. The summed E-state index contributed by atoms with van der Waals surface area (Å²) < 4.78 is 0. The van der Waals surface area contributed by atoms with Gasteiger partial charge in [-0.25, -0.2) is 4.98 Å². The van der Waals surface area contributed by atoms with E-state index in [1.165, 1.54) is 11.3 Å². The molecule has 1 aromatic rings. The van der Waals surface area contributed by atoms with Crippen molar-refractivity contribution in [2.75, 3.05) is 30.7 Å². The number of rotatable bonds is 5. The van der Waals surface area contributed by atoms with Crippen LogP contribution in [0.5, 0.6) is 0 Å². The van der Waals surface area contributed by atoms with Gasteiger partial charge in [0.2, 0.25) is 0 Å². The van der Waals surface area contributed by atoms with Crippen molar-refractivity contribution >= 4 is 28.2 Å². The second kappa shape index (κ2) is 6.90. The number of nitrogen functional groups attached to an aromatic ring is 1. The number of aliphatic hydroxyl groups is 1. The van der Waals surface area contributed by atoms with Gasteiger partial charge < -0.3 is 21.1 Å². The van der Waals surface area contributed by atoms with Gasteiger partial charge in [-0.3, -0.25) is 4.79 Å². The van der Waals surface area contributed by atoms with Gasteiger partial charge in [-0.1, -0.05) is 11.3 Å². The van der Waals surface area contributed by atoms with Crippen LogP contribution < -0.4 is 11.1 Å². The first kappa shape index (κ1) is 15.1. The third-order valence-corrected chi connectivity index (χ3v) is 4.54. The molecule has 7 heteroatoms. The van der Waals surface area contributed by atoms with E-state index < -0.39 is 0 Å². The number of carbonyl (C=O) groups is 1. The monoisotopic (exact) mass is 298 g/mol. The molecule has 1 saturated heterocycles. The predicted octanol–water partition coefficient (Wildman–Crippen LogP) is 1.53. The zero-order valence-corrected chi connectivity index (χ0v) is 12.6. The van der Waals surface area contributed by atoms with Gasteiger partial charge in [0.05, 0.1) is 0 Å². The lowest BCUT2D eigenvalue weighted by Gasteiger charge is -2.35. The minimum absolute atomic E-state index is 0.0534. The van der Waals surface area contributed by atoms with E-state index in [4.69, 9.17) is 10.8 Å². The van der Waals surface area contributed by atoms with Gasteiger partial charge in [0.1, 0.15) is 10.7 Å². The molecule has 1 fully saturated rings. The smallest absolute Gasteiger partial charge is 0.268 e. The number of hydrogen-bond donors (Lipinski definition) is 3. The second-order valence-corrected chi connectivity index (χ2v) is 5.92. The SMILES string of the molecule is CCNc1nc(N)c(C(=O)N2CCCCC2CCO)s1. The Kier molecular flexibility index (Phi) is 5.19. The van der Waals surface area contributed by atoms with Crippen LogP contribution >= 0.6 is 11.3 Å². The lowest BCUT2D eigenvalue weighted by molar-refractivity contribution is 0.0580. The molecule has 1 amide bonds. The molecule has 0 aromatic carbocycles. The van der Waals surface area contributed by atoms with Crippen LogP contribution in [-0.4, -0.2) is 46.6 Å². The molecule has 4 N–H and O–H groups in total. The van der Waals surface area contributed by atoms with Gasteiger partial charge in [-0.2, -0.15) is 0 Å². The molecule has 0 radical (unpaired) electrons. The Morgan fingerprint density at radius 2 is 2.40 bits per heavy atom.